The van der Waals surface area contributed by atoms with Gasteiger partial charge in [0.25, 0.3) is 0 Å². The topological polar surface area (TPSA) is 191 Å². The maximum Gasteiger partial charge on any atom is 0.472 e. The Labute approximate surface area is 411 Å². The Morgan fingerprint density at radius 3 is 2.00 bits per heavy atom. The number of esters is 2. The number of likely N-dealkylation sites (N-methyl/N-ethyl adjacent to an activating group) is 1. The van der Waals surface area contributed by atoms with Crippen molar-refractivity contribution in [2.75, 3.05) is 59.8 Å². The van der Waals surface area contributed by atoms with Gasteiger partial charge in [-0.15, -0.1) is 11.8 Å². The number of hydroxylamine groups is 2. The predicted molar refractivity (Wildman–Crippen MR) is 269 cm³/mol. The van der Waals surface area contributed by atoms with Gasteiger partial charge in [-0.2, -0.15) is 5.06 Å². The molecule has 3 N–H and O–H groups in total. The molecule has 1 aliphatic rings. The van der Waals surface area contributed by atoms with E-state index in [1.54, 1.807) is 11.8 Å². The lowest BCUT2D eigenvalue weighted by atomic mass is 9.86. The van der Waals surface area contributed by atoms with E-state index in [1.807, 2.05) is 67.9 Å². The Hall–Kier alpha value is -2.82. The molecule has 3 atom stereocenters. The molecule has 3 unspecified atom stereocenters. The van der Waals surface area contributed by atoms with E-state index in [2.05, 4.69) is 11.4 Å². The van der Waals surface area contributed by atoms with Crippen LogP contribution in [0, 0.1) is 12.8 Å². The summed E-state index contributed by atoms with van der Waals surface area (Å²) in [5.74, 6) is -0.641. The van der Waals surface area contributed by atoms with Crippen molar-refractivity contribution < 1.29 is 56.5 Å². The summed E-state index contributed by atoms with van der Waals surface area (Å²) in [7, 11) is 1.24. The van der Waals surface area contributed by atoms with Gasteiger partial charge in [0.2, 0.25) is 12.0 Å². The van der Waals surface area contributed by atoms with Crippen LogP contribution in [0.5, 0.6) is 0 Å². The van der Waals surface area contributed by atoms with E-state index < -0.39 is 43.6 Å². The van der Waals surface area contributed by atoms with Crippen molar-refractivity contribution in [2.24, 2.45) is 5.92 Å². The molecule has 0 saturated carbocycles. The zero-order chi connectivity index (χ0) is 50.2. The number of nitrogens with one attached hydrogen (secondary N) is 1. The van der Waals surface area contributed by atoms with E-state index in [4.69, 9.17) is 22.9 Å². The van der Waals surface area contributed by atoms with E-state index in [1.165, 1.54) is 36.8 Å². The molecule has 0 spiro atoms. The number of carbonyl (C=O) groups excluding carboxylic acids is 3. The number of phosphoric ester groups is 1. The standard InChI is InChI=1S/C51H86N3O12PS/c1-40-36-47(56)65-44-37-41(29-30-42(40)44)68-35-27-23-19-15-10-9-14-18-22-26-33-62-49(58)45(39-64-67(60,61)63-34-32-54(6,7)8)66-46(55)28-24-20-16-12-11-13-17-21-25-31-52-48(57)43-38-50(2,3)53(59)51(43,4)5/h29-30,36-37,43,45,59H,9-28,31-35,38-39H2,1-8H3,(H-,52,57,60,61)/p+1. The first-order valence-corrected chi connectivity index (χ1v) is 27.8. The molecule has 1 saturated heterocycles. The molecule has 15 nitrogen and oxygen atoms in total. The number of carbonyl (C=O) groups is 3. The first kappa shape index (κ1) is 59.5. The monoisotopic (exact) mass is 997 g/mol. The van der Waals surface area contributed by atoms with Gasteiger partial charge in [0.1, 0.15) is 25.3 Å². The fraction of sp³-hybridized carbons (Fsp3) is 0.765. The lowest BCUT2D eigenvalue weighted by Crippen LogP contribution is -2.49. The van der Waals surface area contributed by atoms with Crippen molar-refractivity contribution in [3.05, 3.63) is 40.2 Å². The molecule has 2 heterocycles. The highest BCUT2D eigenvalue weighted by atomic mass is 32.2. The highest BCUT2D eigenvalue weighted by molar-refractivity contribution is 7.99. The van der Waals surface area contributed by atoms with Gasteiger partial charge < -0.3 is 33.8 Å². The minimum Gasteiger partial charge on any atom is -0.463 e. The summed E-state index contributed by atoms with van der Waals surface area (Å²) in [6.45, 7) is 10.2. The zero-order valence-electron chi connectivity index (χ0n) is 42.8. The third-order valence-corrected chi connectivity index (χ3v) is 14.8. The molecule has 3 rings (SSSR count). The van der Waals surface area contributed by atoms with E-state index >= 15 is 0 Å². The van der Waals surface area contributed by atoms with Crippen LogP contribution in [0.4, 0.5) is 0 Å². The second kappa shape index (κ2) is 30.1. The lowest BCUT2D eigenvalue weighted by molar-refractivity contribution is -0.870. The van der Waals surface area contributed by atoms with Gasteiger partial charge in [0.15, 0.2) is 0 Å². The highest BCUT2D eigenvalue weighted by Gasteiger charge is 2.54. The van der Waals surface area contributed by atoms with Crippen LogP contribution in [-0.2, 0) is 37.5 Å². The minimum atomic E-state index is -4.51. The van der Waals surface area contributed by atoms with Crippen LogP contribution in [0.15, 0.2) is 38.4 Å². The Balaban J connectivity index is 1.23. The summed E-state index contributed by atoms with van der Waals surface area (Å²) in [6.07, 6.45) is 18.6. The average Bonchev–Trinajstić information content (AvgIpc) is 3.42. The maximum atomic E-state index is 13.0. The van der Waals surface area contributed by atoms with Crippen LogP contribution in [0.2, 0.25) is 0 Å². The summed E-state index contributed by atoms with van der Waals surface area (Å²) in [4.78, 5) is 61.8. The molecule has 388 valence electrons. The number of amides is 1. The Morgan fingerprint density at radius 1 is 0.838 bits per heavy atom. The van der Waals surface area contributed by atoms with Gasteiger partial charge >= 0.3 is 25.4 Å². The van der Waals surface area contributed by atoms with Gasteiger partial charge in [-0.1, -0.05) is 96.3 Å². The molecule has 2 aromatic rings. The number of benzene rings is 1. The maximum absolute atomic E-state index is 13.0. The number of thioether (sulfide) groups is 1. The lowest BCUT2D eigenvalue weighted by Gasteiger charge is -2.35. The van der Waals surface area contributed by atoms with Gasteiger partial charge in [-0.25, -0.2) is 14.2 Å². The van der Waals surface area contributed by atoms with E-state index in [9.17, 15) is 33.8 Å². The van der Waals surface area contributed by atoms with Crippen LogP contribution in [-0.4, -0.2) is 114 Å². The van der Waals surface area contributed by atoms with Crippen molar-refractivity contribution in [1.29, 1.82) is 0 Å². The number of hydrogen-bond acceptors (Lipinski definition) is 13. The fourth-order valence-electron chi connectivity index (χ4n) is 8.61. The van der Waals surface area contributed by atoms with E-state index in [-0.39, 0.29) is 37.1 Å². The fourth-order valence-corrected chi connectivity index (χ4v) is 10.3. The average molecular weight is 997 g/mol. The first-order chi connectivity index (χ1) is 32.1. The molecule has 1 amide bonds. The van der Waals surface area contributed by atoms with Gasteiger partial charge in [-0.3, -0.25) is 18.6 Å². The number of aryl methyl sites for hydroxylation is 1. The minimum absolute atomic E-state index is 0.00195. The molecule has 0 bridgehead atoms. The zero-order valence-corrected chi connectivity index (χ0v) is 44.5. The van der Waals surface area contributed by atoms with E-state index in [0.717, 1.165) is 105 Å². The predicted octanol–water partition coefficient (Wildman–Crippen LogP) is 10.7. The molecule has 1 aromatic heterocycles. The van der Waals surface area contributed by atoms with Crippen LogP contribution in [0.1, 0.15) is 168 Å². The molecular weight excluding hydrogens is 910 g/mol. The number of ether oxygens (including phenoxy) is 2. The van der Waals surface area contributed by atoms with Crippen LogP contribution in [0.25, 0.3) is 11.0 Å². The smallest absolute Gasteiger partial charge is 0.463 e. The molecule has 68 heavy (non-hydrogen) atoms. The summed E-state index contributed by atoms with van der Waals surface area (Å²) in [5.41, 5.74) is 0.215. The molecule has 0 aliphatic carbocycles. The largest absolute Gasteiger partial charge is 0.472 e. The quantitative estimate of drug-likeness (QED) is 0.0146. The second-order valence-electron chi connectivity index (χ2n) is 20.8. The van der Waals surface area contributed by atoms with E-state index in [0.29, 0.717) is 42.4 Å². The number of rotatable bonds is 36. The Kier molecular flexibility index (Phi) is 26.4. The van der Waals surface area contributed by atoms with Crippen molar-refractivity contribution >= 4 is 48.4 Å². The summed E-state index contributed by atoms with van der Waals surface area (Å²) in [6, 6.07) is 7.59. The van der Waals surface area contributed by atoms with Gasteiger partial charge in [-0.05, 0) is 96.2 Å². The molecule has 1 fully saturated rings. The number of phosphoric acid groups is 1. The molecule has 0 radical (unpaired) electrons. The number of hydrogen-bond donors (Lipinski definition) is 3. The molecular formula is C51H87N3O12PS+. The Bertz CT molecular complexity index is 1940. The highest BCUT2D eigenvalue weighted by Crippen LogP contribution is 2.44. The van der Waals surface area contributed by atoms with Crippen molar-refractivity contribution in [3.8, 4) is 0 Å². The SMILES string of the molecule is Cc1cc(=O)oc2cc(SCCCCCCCCCCCCOC(=O)C(COP(=O)(O)OCC[N+](C)(C)C)OC(=O)CCCCCCCCCCCNC(=O)C3CC(C)(C)N(O)C3(C)C)ccc12. The summed E-state index contributed by atoms with van der Waals surface area (Å²) >= 11 is 1.79. The van der Waals surface area contributed by atoms with Crippen LogP contribution < -0.4 is 10.9 Å². The van der Waals surface area contributed by atoms with Crippen molar-refractivity contribution in [1.82, 2.24) is 10.4 Å². The number of quaternary nitrogens is 1. The third-order valence-electron chi connectivity index (χ3n) is 12.8. The summed E-state index contributed by atoms with van der Waals surface area (Å²) in [5, 5.41) is 15.9. The van der Waals surface area contributed by atoms with Crippen LogP contribution in [0.3, 0.4) is 0 Å². The Morgan fingerprint density at radius 2 is 1.41 bits per heavy atom. The van der Waals surface area contributed by atoms with Crippen LogP contribution >= 0.6 is 19.6 Å². The number of unbranched alkanes of at least 4 members (excludes halogenated alkanes) is 17. The van der Waals surface area contributed by atoms with Gasteiger partial charge in [0, 0.05) is 34.9 Å². The van der Waals surface area contributed by atoms with Crippen molar-refractivity contribution in [3.63, 3.8) is 0 Å². The first-order valence-electron chi connectivity index (χ1n) is 25.3. The molecule has 1 aromatic carbocycles. The van der Waals surface area contributed by atoms with Gasteiger partial charge in [0.05, 0.1) is 39.2 Å². The normalized spacial score (nSPS) is 17.2. The molecule has 17 heteroatoms. The second-order valence-corrected chi connectivity index (χ2v) is 23.4. The third kappa shape index (κ3) is 22.9. The van der Waals surface area contributed by atoms with Crippen molar-refractivity contribution in [2.45, 2.75) is 192 Å². The summed E-state index contributed by atoms with van der Waals surface area (Å²) < 4.78 is 39.6. The molecule has 1 aliphatic heterocycles. The number of fused-ring (bicyclic) bond motifs is 1. The number of nitrogens with zero attached hydrogens (tertiary/aromatic N) is 2.